The SMILES string of the molecule is CCCCCCC[C@@H](O)CC(=O)C[C@H](CCN)C(=O)N[C@H]1CCNC(=O)[C@H](CC(C)C)NC(=O)[C@H](CCN)NC(=O)N(CCN)NC(=O)[C@H](CC(C)C)NC(=O)[C@@H](Cc2ccccc2)NC(=O)[C@H](CCN)CC1=O. The molecule has 0 unspecified atom stereocenters. The molecule has 0 radical (unpaired) electrons. The van der Waals surface area contributed by atoms with Gasteiger partial charge in [-0.1, -0.05) is 97.1 Å². The summed E-state index contributed by atoms with van der Waals surface area (Å²) in [5.41, 5.74) is 26.8. The number of aliphatic hydroxyl groups is 1. The molecule has 418 valence electrons. The van der Waals surface area contributed by atoms with Gasteiger partial charge in [-0.05, 0) is 82.0 Å². The van der Waals surface area contributed by atoms with E-state index in [-0.39, 0.29) is 115 Å². The summed E-state index contributed by atoms with van der Waals surface area (Å²) in [5, 5.41) is 27.9. The van der Waals surface area contributed by atoms with Gasteiger partial charge in [0.2, 0.25) is 29.5 Å². The van der Waals surface area contributed by atoms with Gasteiger partial charge in [0.05, 0.1) is 18.7 Å². The lowest BCUT2D eigenvalue weighted by molar-refractivity contribution is -0.136. The predicted molar refractivity (Wildman–Crippen MR) is 282 cm³/mol. The summed E-state index contributed by atoms with van der Waals surface area (Å²) >= 11 is 0. The van der Waals surface area contributed by atoms with Crippen LogP contribution in [0, 0.1) is 23.7 Å². The molecule has 0 saturated carbocycles. The summed E-state index contributed by atoms with van der Waals surface area (Å²) in [4.78, 5) is 126. The van der Waals surface area contributed by atoms with Gasteiger partial charge in [-0.15, -0.1) is 0 Å². The van der Waals surface area contributed by atoms with Crippen molar-refractivity contribution in [3.63, 3.8) is 0 Å². The molecule has 1 saturated heterocycles. The highest BCUT2D eigenvalue weighted by Crippen LogP contribution is 2.19. The highest BCUT2D eigenvalue weighted by molar-refractivity contribution is 5.97. The normalized spacial score (nSPS) is 22.2. The topological polar surface area (TPSA) is 365 Å². The third-order valence-corrected chi connectivity index (χ3v) is 12.7. The van der Waals surface area contributed by atoms with Gasteiger partial charge in [-0.2, -0.15) is 0 Å². The zero-order valence-electron chi connectivity index (χ0n) is 44.6. The molecule has 16 N–H and O–H groups in total. The molecule has 74 heavy (non-hydrogen) atoms. The number of nitrogens with one attached hydrogen (secondary N) is 7. The molecule has 0 spiro atoms. The largest absolute Gasteiger partial charge is 0.393 e. The van der Waals surface area contributed by atoms with Gasteiger partial charge in [-0.25, -0.2) is 9.80 Å². The number of amides is 8. The monoisotopic (exact) mass is 1040 g/mol. The van der Waals surface area contributed by atoms with Crippen LogP contribution < -0.4 is 60.3 Å². The molecule has 0 aliphatic carbocycles. The maximum Gasteiger partial charge on any atom is 0.336 e. The number of hydrogen-bond donors (Lipinski definition) is 12. The predicted octanol–water partition coefficient (Wildman–Crippen LogP) is 0.459. The number of hydrogen-bond acceptors (Lipinski definition) is 14. The van der Waals surface area contributed by atoms with Crippen molar-refractivity contribution in [3.8, 4) is 0 Å². The first-order chi connectivity index (χ1) is 35.3. The molecule has 2 rings (SSSR count). The molecule has 1 heterocycles. The van der Waals surface area contributed by atoms with E-state index in [4.69, 9.17) is 22.9 Å². The van der Waals surface area contributed by atoms with E-state index in [1.54, 1.807) is 30.3 Å². The van der Waals surface area contributed by atoms with Crippen LogP contribution in [0.25, 0.3) is 0 Å². The number of nitrogens with two attached hydrogens (primary N) is 4. The summed E-state index contributed by atoms with van der Waals surface area (Å²) < 4.78 is 0. The Balaban J connectivity index is 2.68. The first-order valence-electron chi connectivity index (χ1n) is 26.7. The van der Waals surface area contributed by atoms with Crippen LogP contribution in [-0.2, 0) is 44.8 Å². The molecule has 1 aromatic carbocycles. The number of aliphatic hydroxyl groups excluding tert-OH is 1. The van der Waals surface area contributed by atoms with Crippen molar-refractivity contribution in [1.82, 2.24) is 42.3 Å². The van der Waals surface area contributed by atoms with Crippen LogP contribution in [-0.4, -0.2) is 139 Å². The third-order valence-electron chi connectivity index (χ3n) is 12.7. The van der Waals surface area contributed by atoms with Crippen LogP contribution in [0.2, 0.25) is 0 Å². The van der Waals surface area contributed by atoms with E-state index < -0.39 is 102 Å². The Labute approximate surface area is 437 Å². The number of Topliss-reactive ketones (excluding diaryl/α,β-unsaturated/α-hetero) is 2. The summed E-state index contributed by atoms with van der Waals surface area (Å²) in [5.74, 6) is -7.62. The van der Waals surface area contributed by atoms with Gasteiger partial charge in [0.15, 0.2) is 5.78 Å². The Bertz CT molecular complexity index is 1920. The van der Waals surface area contributed by atoms with Gasteiger partial charge in [0, 0.05) is 50.6 Å². The lowest BCUT2D eigenvalue weighted by Crippen LogP contribution is -2.62. The molecule has 1 aliphatic rings. The van der Waals surface area contributed by atoms with E-state index in [1.165, 1.54) is 0 Å². The van der Waals surface area contributed by atoms with Crippen LogP contribution in [0.15, 0.2) is 30.3 Å². The fourth-order valence-corrected chi connectivity index (χ4v) is 8.72. The number of ketones is 2. The van der Waals surface area contributed by atoms with Crippen LogP contribution >= 0.6 is 0 Å². The Kier molecular flexibility index (Phi) is 31.1. The van der Waals surface area contributed by atoms with Crippen molar-refractivity contribution in [3.05, 3.63) is 35.9 Å². The van der Waals surface area contributed by atoms with Crippen molar-refractivity contribution in [1.29, 1.82) is 0 Å². The smallest absolute Gasteiger partial charge is 0.336 e. The Morgan fingerprint density at radius 2 is 1.30 bits per heavy atom. The van der Waals surface area contributed by atoms with E-state index in [1.807, 2.05) is 27.7 Å². The number of unbranched alkanes of at least 4 members (excludes halogenated alkanes) is 4. The first-order valence-corrected chi connectivity index (χ1v) is 26.7. The van der Waals surface area contributed by atoms with Crippen LogP contribution in [0.1, 0.15) is 136 Å². The Morgan fingerprint density at radius 1 is 0.689 bits per heavy atom. The fraction of sp³-hybridized carbons (Fsp3) is 0.712. The molecule has 8 amide bonds. The van der Waals surface area contributed by atoms with E-state index >= 15 is 0 Å². The molecular weight excluding hydrogens is 953 g/mol. The molecule has 0 aromatic heterocycles. The van der Waals surface area contributed by atoms with Crippen molar-refractivity contribution < 1.29 is 48.3 Å². The molecule has 1 aliphatic heterocycles. The van der Waals surface area contributed by atoms with Crippen LogP contribution in [0.5, 0.6) is 0 Å². The van der Waals surface area contributed by atoms with E-state index in [9.17, 15) is 48.3 Å². The second-order valence-electron chi connectivity index (χ2n) is 20.3. The average molecular weight is 1040 g/mol. The van der Waals surface area contributed by atoms with Gasteiger partial charge in [0.25, 0.3) is 5.91 Å². The zero-order chi connectivity index (χ0) is 55.2. The number of rotatable bonds is 26. The highest BCUT2D eigenvalue weighted by Gasteiger charge is 2.35. The first kappa shape index (κ1) is 64.6. The molecule has 1 fully saturated rings. The molecule has 22 nitrogen and oxygen atoms in total. The minimum Gasteiger partial charge on any atom is -0.393 e. The van der Waals surface area contributed by atoms with Crippen LogP contribution in [0.4, 0.5) is 4.79 Å². The number of carbonyl (C=O) groups excluding carboxylic acids is 9. The number of hydrazine groups is 1. The zero-order valence-corrected chi connectivity index (χ0v) is 44.6. The number of nitrogens with zero attached hydrogens (tertiary/aromatic N) is 1. The van der Waals surface area contributed by atoms with Gasteiger partial charge in [0.1, 0.15) is 30.0 Å². The maximum atomic E-state index is 14.5. The Morgan fingerprint density at radius 3 is 1.89 bits per heavy atom. The van der Waals surface area contributed by atoms with E-state index in [2.05, 4.69) is 44.3 Å². The molecule has 8 atom stereocenters. The average Bonchev–Trinajstić information content (AvgIpc) is 3.34. The summed E-state index contributed by atoms with van der Waals surface area (Å²) in [6, 6.07) is 1.60. The molecule has 1 aromatic rings. The number of urea groups is 1. The second-order valence-corrected chi connectivity index (χ2v) is 20.3. The van der Waals surface area contributed by atoms with Gasteiger partial charge < -0.3 is 59.9 Å². The minimum atomic E-state index is -1.32. The van der Waals surface area contributed by atoms with Crippen molar-refractivity contribution >= 4 is 53.0 Å². The lowest BCUT2D eigenvalue weighted by atomic mass is 9.91. The quantitative estimate of drug-likeness (QED) is 0.0562. The van der Waals surface area contributed by atoms with Crippen molar-refractivity contribution in [2.24, 2.45) is 46.6 Å². The fourth-order valence-electron chi connectivity index (χ4n) is 8.72. The van der Waals surface area contributed by atoms with Crippen molar-refractivity contribution in [2.45, 2.75) is 174 Å². The van der Waals surface area contributed by atoms with E-state index in [0.717, 1.165) is 37.1 Å². The van der Waals surface area contributed by atoms with E-state index in [0.29, 0.717) is 12.0 Å². The highest BCUT2D eigenvalue weighted by atomic mass is 16.3. The maximum absolute atomic E-state index is 14.5. The third kappa shape index (κ3) is 24.7. The number of benzene rings is 1. The van der Waals surface area contributed by atoms with Crippen molar-refractivity contribution in [2.75, 3.05) is 39.3 Å². The summed E-state index contributed by atoms with van der Waals surface area (Å²) in [7, 11) is 0. The lowest BCUT2D eigenvalue weighted by Gasteiger charge is -2.30. The summed E-state index contributed by atoms with van der Waals surface area (Å²) in [6.45, 7) is 8.84. The summed E-state index contributed by atoms with van der Waals surface area (Å²) in [6.07, 6.45) is 3.62. The molecule has 0 bridgehead atoms. The van der Waals surface area contributed by atoms with Gasteiger partial charge in [-0.3, -0.25) is 43.8 Å². The standard InChI is InChI=1S/C52H90N12O10/c1-6-7-8-9-13-16-38(65)32-39(66)30-36(17-21-53)46(68)58-40-20-25-57-48(70)42(27-33(2)3)60-49(71)41(19-23-55)62-52(74)64(26-24-56)63-51(73)43(28-34(4)5)61-50(72)44(29-35-14-11-10-12-15-35)59-47(69)37(18-22-54)31-45(40)67/h10-12,14-15,33-34,36-38,40-44,65H,6-9,13,16-32,53-56H2,1-5H3,(H,57,70)(H,58,68)(H,59,69)(H,60,71)(H,61,72)(H,62,74)(H,63,73)/t36-,37+,38+,40-,41-,42-,43-,44+/m0/s1. The molecular formula is C52H90N12O10. The second kappa shape index (κ2) is 35.6. The Hall–Kier alpha value is -5.55. The van der Waals surface area contributed by atoms with Gasteiger partial charge >= 0.3 is 6.03 Å². The minimum absolute atomic E-state index is 0.0148. The number of carbonyl (C=O) groups is 9. The molecule has 22 heteroatoms. The van der Waals surface area contributed by atoms with Crippen LogP contribution in [0.3, 0.4) is 0 Å².